The van der Waals surface area contributed by atoms with Crippen LogP contribution < -0.4 is 16.0 Å². The molecular weight excluding hydrogens is 540 g/mol. The minimum absolute atomic E-state index is 0.101. The monoisotopic (exact) mass is 570 g/mol. The molecule has 7 N–H and O–H groups in total. The highest BCUT2D eigenvalue weighted by Gasteiger charge is 2.32. The molecule has 1 aromatic heterocycles. The molecule has 0 saturated carbocycles. The SMILES string of the molecule is O=C(O)C[C@H](NC(=O)[C@@H](S)Cc1ccccc1)C(=O)N[C@@H](Cc1c[nH]c2ccccc12)C(=O)N[C@@H](CO)C(=O)O. The Morgan fingerprint density at radius 3 is 2.02 bits per heavy atom. The molecule has 0 fully saturated rings. The number of carboxylic acid groups (broad SMARTS) is 2. The first-order valence-electron chi connectivity index (χ1n) is 12.3. The highest BCUT2D eigenvalue weighted by atomic mass is 32.1. The van der Waals surface area contributed by atoms with Crippen LogP contribution in [-0.4, -0.2) is 79.9 Å². The van der Waals surface area contributed by atoms with E-state index in [0.29, 0.717) is 5.56 Å². The number of amides is 3. The third kappa shape index (κ3) is 8.32. The number of para-hydroxylation sites is 1. The van der Waals surface area contributed by atoms with Crippen LogP contribution in [0.15, 0.2) is 60.8 Å². The molecule has 13 heteroatoms. The van der Waals surface area contributed by atoms with E-state index in [2.05, 4.69) is 33.6 Å². The summed E-state index contributed by atoms with van der Waals surface area (Å²) < 4.78 is 0. The van der Waals surface area contributed by atoms with Crippen LogP contribution in [0.2, 0.25) is 0 Å². The van der Waals surface area contributed by atoms with Crippen molar-refractivity contribution in [2.45, 2.75) is 42.6 Å². The summed E-state index contributed by atoms with van der Waals surface area (Å²) in [6.45, 7) is -0.892. The predicted octanol–water partition coefficient (Wildman–Crippen LogP) is 0.258. The Morgan fingerprint density at radius 1 is 0.775 bits per heavy atom. The van der Waals surface area contributed by atoms with Gasteiger partial charge in [0, 0.05) is 23.5 Å². The Bertz CT molecular complexity index is 1360. The predicted molar refractivity (Wildman–Crippen MR) is 148 cm³/mol. The van der Waals surface area contributed by atoms with Gasteiger partial charge in [-0.15, -0.1) is 0 Å². The number of benzene rings is 2. The van der Waals surface area contributed by atoms with Crippen LogP contribution in [0.3, 0.4) is 0 Å². The molecule has 3 aromatic rings. The number of aromatic amines is 1. The summed E-state index contributed by atoms with van der Waals surface area (Å²) in [5.74, 6) is -5.42. The Balaban J connectivity index is 1.80. The molecule has 0 spiro atoms. The average molecular weight is 571 g/mol. The van der Waals surface area contributed by atoms with Crippen molar-refractivity contribution in [3.63, 3.8) is 0 Å². The molecule has 212 valence electrons. The van der Waals surface area contributed by atoms with E-state index in [1.54, 1.807) is 54.7 Å². The summed E-state index contributed by atoms with van der Waals surface area (Å²) in [5, 5.41) is 34.8. The maximum Gasteiger partial charge on any atom is 0.328 e. The van der Waals surface area contributed by atoms with Gasteiger partial charge in [-0.2, -0.15) is 12.6 Å². The van der Waals surface area contributed by atoms with Gasteiger partial charge >= 0.3 is 11.9 Å². The molecule has 0 radical (unpaired) electrons. The first-order chi connectivity index (χ1) is 19.1. The van der Waals surface area contributed by atoms with E-state index in [-0.39, 0.29) is 12.8 Å². The summed E-state index contributed by atoms with van der Waals surface area (Å²) in [5.41, 5.74) is 2.18. The fraction of sp³-hybridized carbons (Fsp3) is 0.296. The molecule has 0 saturated heterocycles. The summed E-state index contributed by atoms with van der Waals surface area (Å²) in [6, 6.07) is 11.6. The third-order valence-electron chi connectivity index (χ3n) is 6.12. The average Bonchev–Trinajstić information content (AvgIpc) is 3.33. The number of hydrogen-bond donors (Lipinski definition) is 8. The molecule has 3 rings (SSSR count). The zero-order valence-corrected chi connectivity index (χ0v) is 22.1. The third-order valence-corrected chi connectivity index (χ3v) is 6.53. The van der Waals surface area contributed by atoms with E-state index < -0.39 is 66.1 Å². The number of aliphatic carboxylic acids is 2. The number of carboxylic acids is 2. The van der Waals surface area contributed by atoms with Crippen molar-refractivity contribution in [2.24, 2.45) is 0 Å². The topological polar surface area (TPSA) is 198 Å². The van der Waals surface area contributed by atoms with E-state index in [4.69, 9.17) is 0 Å². The van der Waals surface area contributed by atoms with E-state index >= 15 is 0 Å². The zero-order chi connectivity index (χ0) is 29.2. The van der Waals surface area contributed by atoms with Crippen LogP contribution in [-0.2, 0) is 36.8 Å². The van der Waals surface area contributed by atoms with Crippen molar-refractivity contribution in [1.82, 2.24) is 20.9 Å². The highest BCUT2D eigenvalue weighted by molar-refractivity contribution is 7.81. The lowest BCUT2D eigenvalue weighted by molar-refractivity contribution is -0.144. The van der Waals surface area contributed by atoms with Crippen LogP contribution in [0.4, 0.5) is 0 Å². The molecule has 0 aliphatic rings. The number of aromatic nitrogens is 1. The molecule has 40 heavy (non-hydrogen) atoms. The summed E-state index contributed by atoms with van der Waals surface area (Å²) >= 11 is 4.30. The minimum atomic E-state index is -1.63. The van der Waals surface area contributed by atoms with Crippen molar-refractivity contribution < 1.29 is 39.3 Å². The van der Waals surface area contributed by atoms with Crippen LogP contribution in [0, 0.1) is 0 Å². The van der Waals surface area contributed by atoms with E-state index in [0.717, 1.165) is 16.5 Å². The lowest BCUT2D eigenvalue weighted by Crippen LogP contribution is -2.57. The van der Waals surface area contributed by atoms with Gasteiger partial charge in [-0.25, -0.2) is 4.79 Å². The molecule has 2 aromatic carbocycles. The standard InChI is InChI=1S/C27H30N4O8S/c32-14-21(27(38)39)31-24(35)19(11-16-13-28-18-9-5-4-8-17(16)18)29-25(36)20(12-23(33)34)30-26(37)22(40)10-15-6-2-1-3-7-15/h1-9,13,19-22,28,32,40H,10-12,14H2,(H,29,36)(H,30,37)(H,31,35)(H,33,34)(H,38,39)/t19-,20-,21-,22-/m0/s1. The number of fused-ring (bicyclic) bond motifs is 1. The van der Waals surface area contributed by atoms with E-state index in [1.807, 2.05) is 6.07 Å². The second kappa shape index (κ2) is 14.1. The fourth-order valence-corrected chi connectivity index (χ4v) is 4.33. The normalized spacial score (nSPS) is 13.9. The summed E-state index contributed by atoms with van der Waals surface area (Å²) in [4.78, 5) is 65.0. The van der Waals surface area contributed by atoms with Gasteiger partial charge in [-0.3, -0.25) is 19.2 Å². The molecule has 12 nitrogen and oxygen atoms in total. The Morgan fingerprint density at radius 2 is 1.38 bits per heavy atom. The number of carbonyl (C=O) groups excluding carboxylic acids is 3. The smallest absolute Gasteiger partial charge is 0.328 e. The summed E-state index contributed by atoms with van der Waals surface area (Å²) in [7, 11) is 0. The number of aliphatic hydroxyl groups is 1. The molecule has 4 atom stereocenters. The number of hydrogen-bond acceptors (Lipinski definition) is 7. The summed E-state index contributed by atoms with van der Waals surface area (Å²) in [6.07, 6.45) is 0.972. The maximum atomic E-state index is 13.2. The van der Waals surface area contributed by atoms with Crippen molar-refractivity contribution >= 4 is 53.2 Å². The quantitative estimate of drug-likeness (QED) is 0.126. The highest BCUT2D eigenvalue weighted by Crippen LogP contribution is 2.19. The first-order valence-corrected chi connectivity index (χ1v) is 12.8. The number of rotatable bonds is 14. The van der Waals surface area contributed by atoms with Crippen molar-refractivity contribution in [1.29, 1.82) is 0 Å². The van der Waals surface area contributed by atoms with Gasteiger partial charge in [0.15, 0.2) is 0 Å². The van der Waals surface area contributed by atoms with E-state index in [9.17, 15) is 39.3 Å². The molecular formula is C27H30N4O8S. The second-order valence-electron chi connectivity index (χ2n) is 9.07. The lowest BCUT2D eigenvalue weighted by atomic mass is 10.0. The van der Waals surface area contributed by atoms with Crippen molar-refractivity contribution in [3.05, 3.63) is 71.9 Å². The molecule has 0 unspecified atom stereocenters. The number of thiol groups is 1. The molecule has 0 bridgehead atoms. The van der Waals surface area contributed by atoms with Gasteiger partial charge in [0.05, 0.1) is 18.3 Å². The Kier molecular flexibility index (Phi) is 10.7. The zero-order valence-electron chi connectivity index (χ0n) is 21.2. The van der Waals surface area contributed by atoms with Gasteiger partial charge in [-0.05, 0) is 23.6 Å². The van der Waals surface area contributed by atoms with Gasteiger partial charge in [0.25, 0.3) is 0 Å². The molecule has 0 aliphatic carbocycles. The van der Waals surface area contributed by atoms with Crippen LogP contribution in [0.1, 0.15) is 17.5 Å². The first kappa shape index (κ1) is 30.2. The number of aliphatic hydroxyl groups excluding tert-OH is 1. The van der Waals surface area contributed by atoms with Crippen molar-refractivity contribution in [2.75, 3.05) is 6.61 Å². The minimum Gasteiger partial charge on any atom is -0.481 e. The molecule has 0 aliphatic heterocycles. The van der Waals surface area contributed by atoms with Gasteiger partial charge in [0.1, 0.15) is 18.1 Å². The fourth-order valence-electron chi connectivity index (χ4n) is 4.04. The lowest BCUT2D eigenvalue weighted by Gasteiger charge is -2.24. The number of carbonyl (C=O) groups is 5. The Hall–Kier alpha value is -4.36. The number of nitrogens with one attached hydrogen (secondary N) is 4. The largest absolute Gasteiger partial charge is 0.481 e. The Labute approximate surface area is 234 Å². The number of H-pyrrole nitrogens is 1. The molecule has 1 heterocycles. The van der Waals surface area contributed by atoms with Crippen LogP contribution >= 0.6 is 12.6 Å². The van der Waals surface area contributed by atoms with Crippen LogP contribution in [0.25, 0.3) is 10.9 Å². The van der Waals surface area contributed by atoms with Gasteiger partial charge in [-0.1, -0.05) is 48.5 Å². The second-order valence-corrected chi connectivity index (χ2v) is 9.69. The van der Waals surface area contributed by atoms with Crippen molar-refractivity contribution in [3.8, 4) is 0 Å². The molecule has 3 amide bonds. The van der Waals surface area contributed by atoms with Crippen LogP contribution in [0.5, 0.6) is 0 Å². The van der Waals surface area contributed by atoms with Gasteiger partial charge in [0.2, 0.25) is 17.7 Å². The maximum absolute atomic E-state index is 13.2. The van der Waals surface area contributed by atoms with E-state index in [1.165, 1.54) is 0 Å². The van der Waals surface area contributed by atoms with Gasteiger partial charge < -0.3 is 36.3 Å².